The number of benzene rings is 1. The molecule has 0 spiro atoms. The van der Waals surface area contributed by atoms with Gasteiger partial charge in [-0.1, -0.05) is 12.1 Å². The number of ether oxygens (including phenoxy) is 1. The van der Waals surface area contributed by atoms with Crippen molar-refractivity contribution in [2.75, 3.05) is 18.6 Å². The Morgan fingerprint density at radius 3 is 2.83 bits per heavy atom. The third kappa shape index (κ3) is 2.30. The predicted molar refractivity (Wildman–Crippen MR) is 65.7 cm³/mol. The van der Waals surface area contributed by atoms with Crippen molar-refractivity contribution in [1.29, 1.82) is 0 Å². The summed E-state index contributed by atoms with van der Waals surface area (Å²) in [6.07, 6.45) is 0.662. The summed E-state index contributed by atoms with van der Waals surface area (Å²) in [6.45, 7) is 0.203. The van der Waals surface area contributed by atoms with Crippen LogP contribution in [0, 0.1) is 5.92 Å². The summed E-state index contributed by atoms with van der Waals surface area (Å²) < 4.78 is 5.20. The van der Waals surface area contributed by atoms with E-state index in [4.69, 9.17) is 9.84 Å². The zero-order chi connectivity index (χ0) is 13.1. The summed E-state index contributed by atoms with van der Waals surface area (Å²) in [5.41, 5.74) is 0.635. The molecular formula is C13H15NO4. The van der Waals surface area contributed by atoms with Gasteiger partial charge in [0.1, 0.15) is 5.75 Å². The Hall–Kier alpha value is -2.04. The van der Waals surface area contributed by atoms with Crippen LogP contribution in [-0.2, 0) is 9.59 Å². The Morgan fingerprint density at radius 2 is 2.17 bits per heavy atom. The van der Waals surface area contributed by atoms with Gasteiger partial charge >= 0.3 is 5.97 Å². The number of carboxylic acids is 1. The van der Waals surface area contributed by atoms with E-state index in [1.54, 1.807) is 18.2 Å². The molecule has 1 N–H and O–H groups in total. The van der Waals surface area contributed by atoms with Gasteiger partial charge in [-0.05, 0) is 18.6 Å². The zero-order valence-corrected chi connectivity index (χ0v) is 10.1. The van der Waals surface area contributed by atoms with Crippen molar-refractivity contribution in [2.45, 2.75) is 12.8 Å². The molecule has 1 heterocycles. The number of methoxy groups -OCH3 is 1. The van der Waals surface area contributed by atoms with Crippen molar-refractivity contribution in [3.8, 4) is 5.75 Å². The summed E-state index contributed by atoms with van der Waals surface area (Å²) in [5.74, 6) is -0.844. The molecule has 1 aliphatic rings. The quantitative estimate of drug-likeness (QED) is 0.882. The van der Waals surface area contributed by atoms with Crippen molar-refractivity contribution < 1.29 is 19.4 Å². The highest BCUT2D eigenvalue weighted by Crippen LogP contribution is 2.31. The van der Waals surface area contributed by atoms with Crippen LogP contribution in [0.5, 0.6) is 5.75 Å². The Labute approximate surface area is 105 Å². The summed E-state index contributed by atoms with van der Waals surface area (Å²) in [5, 5.41) is 9.05. The molecule has 0 aliphatic carbocycles. The number of aliphatic carboxylic acids is 1. The van der Waals surface area contributed by atoms with Crippen molar-refractivity contribution in [2.24, 2.45) is 5.92 Å². The molecule has 1 fully saturated rings. The minimum absolute atomic E-state index is 0.0583. The highest BCUT2D eigenvalue weighted by molar-refractivity contribution is 5.96. The van der Waals surface area contributed by atoms with Crippen LogP contribution >= 0.6 is 0 Å². The fourth-order valence-electron chi connectivity index (χ4n) is 2.13. The molecule has 18 heavy (non-hydrogen) atoms. The minimum atomic E-state index is -0.859. The maximum absolute atomic E-state index is 11.9. The number of hydrogen-bond donors (Lipinski definition) is 1. The van der Waals surface area contributed by atoms with Crippen LogP contribution in [-0.4, -0.2) is 30.6 Å². The lowest BCUT2D eigenvalue weighted by atomic mass is 9.97. The SMILES string of the molecule is COc1ccccc1N1C[C@@H](C(=O)O)CCC1=O. The van der Waals surface area contributed by atoms with Crippen molar-refractivity contribution >= 4 is 17.6 Å². The topological polar surface area (TPSA) is 66.8 Å². The smallest absolute Gasteiger partial charge is 0.308 e. The van der Waals surface area contributed by atoms with E-state index in [2.05, 4.69) is 0 Å². The molecule has 1 aromatic carbocycles. The standard InChI is InChI=1S/C13H15NO4/c1-18-11-5-3-2-4-10(11)14-8-9(13(16)17)6-7-12(14)15/h2-5,9H,6-8H2,1H3,(H,16,17)/t9-/m0/s1. The highest BCUT2D eigenvalue weighted by Gasteiger charge is 2.31. The summed E-state index contributed by atoms with van der Waals surface area (Å²) in [6, 6.07) is 7.13. The van der Waals surface area contributed by atoms with E-state index in [0.29, 0.717) is 17.9 Å². The summed E-state index contributed by atoms with van der Waals surface area (Å²) >= 11 is 0. The monoisotopic (exact) mass is 249 g/mol. The van der Waals surface area contributed by atoms with Crippen LogP contribution in [0.25, 0.3) is 0 Å². The normalized spacial score (nSPS) is 19.7. The molecule has 1 amide bonds. The largest absolute Gasteiger partial charge is 0.495 e. The summed E-state index contributed by atoms with van der Waals surface area (Å²) in [7, 11) is 1.53. The zero-order valence-electron chi connectivity index (χ0n) is 10.1. The molecule has 0 aromatic heterocycles. The number of hydrogen-bond acceptors (Lipinski definition) is 3. The number of amides is 1. The number of piperidine rings is 1. The molecule has 0 unspecified atom stereocenters. The predicted octanol–water partition coefficient (Wildman–Crippen LogP) is 1.52. The van der Waals surface area contributed by atoms with Crippen LogP contribution in [0.2, 0.25) is 0 Å². The number of carbonyl (C=O) groups excluding carboxylic acids is 1. The van der Waals surface area contributed by atoms with Gasteiger partial charge in [-0.3, -0.25) is 9.59 Å². The van der Waals surface area contributed by atoms with Crippen LogP contribution < -0.4 is 9.64 Å². The van der Waals surface area contributed by atoms with Gasteiger partial charge in [-0.25, -0.2) is 0 Å². The maximum Gasteiger partial charge on any atom is 0.308 e. The second-order valence-electron chi connectivity index (χ2n) is 4.25. The first-order chi connectivity index (χ1) is 8.63. The number of anilines is 1. The third-order valence-corrected chi connectivity index (χ3v) is 3.14. The molecule has 5 heteroatoms. The van der Waals surface area contributed by atoms with Gasteiger partial charge in [0.15, 0.2) is 0 Å². The van der Waals surface area contributed by atoms with E-state index < -0.39 is 11.9 Å². The first kappa shape index (κ1) is 12.4. The lowest BCUT2D eigenvalue weighted by Gasteiger charge is -2.31. The van der Waals surface area contributed by atoms with Crippen LogP contribution in [0.3, 0.4) is 0 Å². The van der Waals surface area contributed by atoms with Gasteiger partial charge in [0, 0.05) is 13.0 Å². The highest BCUT2D eigenvalue weighted by atomic mass is 16.5. The molecule has 0 bridgehead atoms. The van der Waals surface area contributed by atoms with Crippen molar-refractivity contribution in [3.05, 3.63) is 24.3 Å². The van der Waals surface area contributed by atoms with Crippen molar-refractivity contribution in [1.82, 2.24) is 0 Å². The molecule has 0 radical (unpaired) electrons. The Morgan fingerprint density at radius 1 is 1.44 bits per heavy atom. The third-order valence-electron chi connectivity index (χ3n) is 3.14. The number of para-hydroxylation sites is 2. The second-order valence-corrected chi connectivity index (χ2v) is 4.25. The Bertz CT molecular complexity index is 472. The molecule has 0 saturated carbocycles. The van der Waals surface area contributed by atoms with E-state index in [9.17, 15) is 9.59 Å². The van der Waals surface area contributed by atoms with Crippen LogP contribution in [0.4, 0.5) is 5.69 Å². The van der Waals surface area contributed by atoms with E-state index in [-0.39, 0.29) is 18.9 Å². The molecule has 1 aliphatic heterocycles. The lowest BCUT2D eigenvalue weighted by molar-refractivity contribution is -0.142. The van der Waals surface area contributed by atoms with E-state index in [1.807, 2.05) is 6.07 Å². The molecule has 2 rings (SSSR count). The summed E-state index contributed by atoms with van der Waals surface area (Å²) in [4.78, 5) is 24.4. The fraction of sp³-hybridized carbons (Fsp3) is 0.385. The van der Waals surface area contributed by atoms with E-state index in [1.165, 1.54) is 12.0 Å². The van der Waals surface area contributed by atoms with Gasteiger partial charge in [0.25, 0.3) is 0 Å². The molecular weight excluding hydrogens is 234 g/mol. The Kier molecular flexibility index (Phi) is 3.50. The second kappa shape index (κ2) is 5.08. The van der Waals surface area contributed by atoms with Crippen molar-refractivity contribution in [3.63, 3.8) is 0 Å². The first-order valence-electron chi connectivity index (χ1n) is 5.79. The van der Waals surface area contributed by atoms with Crippen LogP contribution in [0.15, 0.2) is 24.3 Å². The van der Waals surface area contributed by atoms with Crippen LogP contribution in [0.1, 0.15) is 12.8 Å². The molecule has 96 valence electrons. The van der Waals surface area contributed by atoms with Gasteiger partial charge in [0.05, 0.1) is 18.7 Å². The number of carboxylic acid groups (broad SMARTS) is 1. The lowest BCUT2D eigenvalue weighted by Crippen LogP contribution is -2.42. The van der Waals surface area contributed by atoms with Gasteiger partial charge < -0.3 is 14.7 Å². The average Bonchev–Trinajstić information content (AvgIpc) is 2.39. The molecule has 5 nitrogen and oxygen atoms in total. The van der Waals surface area contributed by atoms with Gasteiger partial charge in [-0.15, -0.1) is 0 Å². The fourth-order valence-corrected chi connectivity index (χ4v) is 2.13. The molecule has 1 aromatic rings. The number of nitrogens with zero attached hydrogens (tertiary/aromatic N) is 1. The number of carbonyl (C=O) groups is 2. The van der Waals surface area contributed by atoms with Gasteiger partial charge in [0.2, 0.25) is 5.91 Å². The minimum Gasteiger partial charge on any atom is -0.495 e. The van der Waals surface area contributed by atoms with E-state index >= 15 is 0 Å². The maximum atomic E-state index is 11.9. The average molecular weight is 249 g/mol. The Balaban J connectivity index is 2.29. The molecule has 1 saturated heterocycles. The molecule has 1 atom stereocenters. The number of rotatable bonds is 3. The van der Waals surface area contributed by atoms with E-state index in [0.717, 1.165) is 0 Å². The first-order valence-corrected chi connectivity index (χ1v) is 5.79. The van der Waals surface area contributed by atoms with Gasteiger partial charge in [-0.2, -0.15) is 0 Å².